The lowest BCUT2D eigenvalue weighted by atomic mass is 9.80. The number of cyclic esters (lactones) is 1. The summed E-state index contributed by atoms with van der Waals surface area (Å²) in [6.45, 7) is 6.59. The number of nitrogens with one attached hydrogen (secondary N) is 1. The zero-order chi connectivity index (χ0) is 14.0. The first kappa shape index (κ1) is 16.4. The van der Waals surface area contributed by atoms with Gasteiger partial charge in [0, 0.05) is 11.0 Å². The van der Waals surface area contributed by atoms with E-state index in [0.29, 0.717) is 24.5 Å². The zero-order valence-electron chi connectivity index (χ0n) is 11.8. The second-order valence-corrected chi connectivity index (χ2v) is 5.27. The molecule has 0 spiro atoms. The number of alkyl carbamates (subject to hydrolysis) is 1. The summed E-state index contributed by atoms with van der Waals surface area (Å²) in [5, 5.41) is 13.0. The van der Waals surface area contributed by atoms with E-state index in [1.165, 1.54) is 0 Å². The zero-order valence-corrected chi connectivity index (χ0v) is 12.6. The Balaban J connectivity index is 0.00000200. The molecule has 1 saturated heterocycles. The molecule has 6 heteroatoms. The summed E-state index contributed by atoms with van der Waals surface area (Å²) in [5.74, 6) is 0.501. The van der Waals surface area contributed by atoms with Crippen LogP contribution in [0, 0.1) is 5.41 Å². The van der Waals surface area contributed by atoms with Gasteiger partial charge in [-0.2, -0.15) is 0 Å². The van der Waals surface area contributed by atoms with Crippen LogP contribution in [0.3, 0.4) is 0 Å². The molecule has 1 heterocycles. The molecule has 0 radical (unpaired) electrons. The van der Waals surface area contributed by atoms with Crippen molar-refractivity contribution in [2.24, 2.45) is 5.41 Å². The number of phenolic OH excluding ortho intramolecular Hbond substituents is 1. The topological polar surface area (TPSA) is 67.8 Å². The van der Waals surface area contributed by atoms with Gasteiger partial charge in [-0.05, 0) is 13.0 Å². The van der Waals surface area contributed by atoms with E-state index in [-0.39, 0.29) is 29.6 Å². The first-order valence-electron chi connectivity index (χ1n) is 6.33. The summed E-state index contributed by atoms with van der Waals surface area (Å²) in [5.41, 5.74) is 0.337. The number of amides is 1. The van der Waals surface area contributed by atoms with E-state index in [1.807, 2.05) is 20.8 Å². The van der Waals surface area contributed by atoms with Gasteiger partial charge in [-0.1, -0.05) is 26.0 Å². The second-order valence-electron chi connectivity index (χ2n) is 5.27. The maximum Gasteiger partial charge on any atom is 0.407 e. The molecule has 1 aromatic carbocycles. The van der Waals surface area contributed by atoms with Crippen molar-refractivity contribution in [1.82, 2.24) is 5.32 Å². The molecule has 1 aliphatic heterocycles. The van der Waals surface area contributed by atoms with E-state index in [2.05, 4.69) is 5.32 Å². The van der Waals surface area contributed by atoms with Crippen molar-refractivity contribution in [2.75, 3.05) is 13.2 Å². The lowest BCUT2D eigenvalue weighted by Gasteiger charge is -2.38. The largest absolute Gasteiger partial charge is 0.504 e. The van der Waals surface area contributed by atoms with Gasteiger partial charge in [0.1, 0.15) is 6.61 Å². The number of phenols is 1. The van der Waals surface area contributed by atoms with E-state index in [9.17, 15) is 9.90 Å². The summed E-state index contributed by atoms with van der Waals surface area (Å²) < 4.78 is 10.4. The van der Waals surface area contributed by atoms with Gasteiger partial charge in [-0.15, -0.1) is 12.4 Å². The van der Waals surface area contributed by atoms with Crippen LogP contribution in [0.1, 0.15) is 32.4 Å². The van der Waals surface area contributed by atoms with Crippen LogP contribution in [0.5, 0.6) is 11.5 Å². The minimum atomic E-state index is -0.467. The Hall–Kier alpha value is -1.62. The van der Waals surface area contributed by atoms with E-state index in [0.717, 1.165) is 0 Å². The molecule has 0 saturated carbocycles. The first-order valence-corrected chi connectivity index (χ1v) is 6.33. The predicted octanol–water partition coefficient (Wildman–Crippen LogP) is 3.02. The Kier molecular flexibility index (Phi) is 5.11. The third-order valence-electron chi connectivity index (χ3n) is 3.26. The van der Waals surface area contributed by atoms with Crippen molar-refractivity contribution in [3.8, 4) is 11.5 Å². The number of carbonyl (C=O) groups is 1. The molecular formula is C14H20ClNO4. The maximum atomic E-state index is 11.4. The van der Waals surface area contributed by atoms with Gasteiger partial charge in [0.05, 0.1) is 12.6 Å². The average molecular weight is 302 g/mol. The van der Waals surface area contributed by atoms with Crippen LogP contribution in [0.4, 0.5) is 4.79 Å². The van der Waals surface area contributed by atoms with Crippen LogP contribution in [-0.2, 0) is 4.74 Å². The van der Waals surface area contributed by atoms with Crippen LogP contribution in [0.15, 0.2) is 18.2 Å². The van der Waals surface area contributed by atoms with Gasteiger partial charge >= 0.3 is 6.09 Å². The monoisotopic (exact) mass is 301 g/mol. The number of carbonyl (C=O) groups excluding carboxylic acids is 1. The Morgan fingerprint density at radius 3 is 2.85 bits per heavy atom. The molecule has 20 heavy (non-hydrogen) atoms. The van der Waals surface area contributed by atoms with Crippen LogP contribution in [-0.4, -0.2) is 24.4 Å². The summed E-state index contributed by atoms with van der Waals surface area (Å²) >= 11 is 0. The van der Waals surface area contributed by atoms with Crippen LogP contribution in [0.25, 0.3) is 0 Å². The second kappa shape index (κ2) is 6.22. The SMILES string of the molecule is CCOc1cccc([C@@H]2NC(=O)OCC2(C)C)c1O.Cl. The van der Waals surface area contributed by atoms with Gasteiger partial charge < -0.3 is 19.9 Å². The molecule has 1 amide bonds. The third-order valence-corrected chi connectivity index (χ3v) is 3.26. The molecule has 5 nitrogen and oxygen atoms in total. The fourth-order valence-corrected chi connectivity index (χ4v) is 2.23. The maximum absolute atomic E-state index is 11.4. The molecule has 2 rings (SSSR count). The molecule has 1 atom stereocenters. The highest BCUT2D eigenvalue weighted by atomic mass is 35.5. The number of hydrogen-bond acceptors (Lipinski definition) is 4. The highest BCUT2D eigenvalue weighted by Gasteiger charge is 2.39. The Labute approximate surface area is 124 Å². The minimum Gasteiger partial charge on any atom is -0.504 e. The van der Waals surface area contributed by atoms with E-state index in [1.54, 1.807) is 18.2 Å². The molecular weight excluding hydrogens is 282 g/mol. The Morgan fingerprint density at radius 1 is 1.50 bits per heavy atom. The molecule has 112 valence electrons. The fourth-order valence-electron chi connectivity index (χ4n) is 2.23. The van der Waals surface area contributed by atoms with Gasteiger partial charge in [-0.25, -0.2) is 4.79 Å². The van der Waals surface area contributed by atoms with Crippen molar-refractivity contribution in [1.29, 1.82) is 0 Å². The summed E-state index contributed by atoms with van der Waals surface area (Å²) in [6, 6.07) is 4.98. The minimum absolute atomic E-state index is 0. The lowest BCUT2D eigenvalue weighted by Crippen LogP contribution is -2.46. The molecule has 2 N–H and O–H groups in total. The highest BCUT2D eigenvalue weighted by molar-refractivity contribution is 5.85. The molecule has 0 aromatic heterocycles. The number of aromatic hydroxyl groups is 1. The average Bonchev–Trinajstić information content (AvgIpc) is 2.36. The summed E-state index contributed by atoms with van der Waals surface area (Å²) in [6.07, 6.45) is -0.467. The summed E-state index contributed by atoms with van der Waals surface area (Å²) in [4.78, 5) is 11.4. The molecule has 0 bridgehead atoms. The number of benzene rings is 1. The van der Waals surface area contributed by atoms with Crippen molar-refractivity contribution < 1.29 is 19.4 Å². The van der Waals surface area contributed by atoms with Gasteiger partial charge in [-0.3, -0.25) is 0 Å². The van der Waals surface area contributed by atoms with E-state index in [4.69, 9.17) is 9.47 Å². The van der Waals surface area contributed by atoms with Gasteiger partial charge in [0.15, 0.2) is 11.5 Å². The number of hydrogen-bond donors (Lipinski definition) is 2. The quantitative estimate of drug-likeness (QED) is 0.900. The third kappa shape index (κ3) is 3.10. The normalized spacial score (nSPS) is 20.4. The van der Waals surface area contributed by atoms with Crippen LogP contribution < -0.4 is 10.1 Å². The van der Waals surface area contributed by atoms with Crippen LogP contribution in [0.2, 0.25) is 0 Å². The van der Waals surface area contributed by atoms with Crippen LogP contribution >= 0.6 is 12.4 Å². The number of halogens is 1. The number of rotatable bonds is 3. The van der Waals surface area contributed by atoms with E-state index >= 15 is 0 Å². The molecule has 0 unspecified atom stereocenters. The number of ether oxygens (including phenoxy) is 2. The smallest absolute Gasteiger partial charge is 0.407 e. The number of para-hydroxylation sites is 1. The first-order chi connectivity index (χ1) is 8.95. The molecule has 1 aromatic rings. The van der Waals surface area contributed by atoms with E-state index < -0.39 is 6.09 Å². The van der Waals surface area contributed by atoms with Crippen molar-refractivity contribution >= 4 is 18.5 Å². The summed E-state index contributed by atoms with van der Waals surface area (Å²) in [7, 11) is 0. The Morgan fingerprint density at radius 2 is 2.20 bits per heavy atom. The molecule has 1 aliphatic rings. The van der Waals surface area contributed by atoms with Crippen molar-refractivity contribution in [3.63, 3.8) is 0 Å². The Bertz CT molecular complexity index is 490. The lowest BCUT2D eigenvalue weighted by molar-refractivity contribution is 0.0380. The predicted molar refractivity (Wildman–Crippen MR) is 77.5 cm³/mol. The van der Waals surface area contributed by atoms with Crippen molar-refractivity contribution in [3.05, 3.63) is 23.8 Å². The highest BCUT2D eigenvalue weighted by Crippen LogP contribution is 2.42. The van der Waals surface area contributed by atoms with Gasteiger partial charge in [0.25, 0.3) is 0 Å². The standard InChI is InChI=1S/C14H19NO4.ClH/c1-4-18-10-7-5-6-9(11(10)16)12-14(2,3)8-19-13(17)15-12;/h5-7,12,16H,4,8H2,1-3H3,(H,15,17);1H/t12-;/m0./s1. The molecule has 1 fully saturated rings. The van der Waals surface area contributed by atoms with Crippen molar-refractivity contribution in [2.45, 2.75) is 26.8 Å². The fraction of sp³-hybridized carbons (Fsp3) is 0.500. The van der Waals surface area contributed by atoms with Gasteiger partial charge in [0.2, 0.25) is 0 Å². The molecule has 0 aliphatic carbocycles.